The zero-order valence-electron chi connectivity index (χ0n) is 8.33. The van der Waals surface area contributed by atoms with Gasteiger partial charge in [0.1, 0.15) is 0 Å². The van der Waals surface area contributed by atoms with Crippen molar-refractivity contribution in [2.45, 2.75) is 13.3 Å². The maximum atomic E-state index is 3.20. The summed E-state index contributed by atoms with van der Waals surface area (Å²) in [6.07, 6.45) is 1.09. The Hall–Kier alpha value is -1.22. The van der Waals surface area contributed by atoms with Crippen molar-refractivity contribution in [1.29, 1.82) is 0 Å². The fourth-order valence-corrected chi connectivity index (χ4v) is 1.67. The highest BCUT2D eigenvalue weighted by molar-refractivity contribution is 5.74. The van der Waals surface area contributed by atoms with Crippen molar-refractivity contribution in [2.75, 3.05) is 24.1 Å². The van der Waals surface area contributed by atoms with Crippen LogP contribution in [-0.4, -0.2) is 14.1 Å². The molecular weight excluding hydrogens is 162 g/mol. The van der Waals surface area contributed by atoms with Crippen LogP contribution in [0.2, 0.25) is 0 Å². The molecule has 0 atom stereocenters. The maximum Gasteiger partial charge on any atom is 0.0784 e. The topological polar surface area (TPSA) is 18.5 Å². The van der Waals surface area contributed by atoms with E-state index in [-0.39, 0.29) is 0 Å². The van der Waals surface area contributed by atoms with Crippen molar-refractivity contribution >= 4 is 11.4 Å². The number of anilines is 2. The van der Waals surface area contributed by atoms with Crippen molar-refractivity contribution in [1.82, 2.24) is 5.53 Å². The molecule has 1 heterocycles. The number of nitrogens with zero attached hydrogens (tertiary/aromatic N) is 2. The van der Waals surface area contributed by atoms with Crippen molar-refractivity contribution in [3.63, 3.8) is 0 Å². The largest absolute Gasteiger partial charge is 0.292 e. The number of rotatable bonds is 1. The van der Waals surface area contributed by atoms with Crippen LogP contribution in [0.5, 0.6) is 0 Å². The Kier molecular flexibility index (Phi) is 1.88. The normalized spacial score (nSPS) is 15.0. The Bertz CT molecular complexity index is 322. The molecule has 0 aliphatic carbocycles. The van der Waals surface area contributed by atoms with E-state index in [2.05, 4.69) is 30.7 Å². The minimum atomic E-state index is 1.09. The lowest BCUT2D eigenvalue weighted by Gasteiger charge is -2.13. The molecular formula is C10H15N3. The molecule has 0 saturated heterocycles. The second-order valence-corrected chi connectivity index (χ2v) is 3.39. The molecule has 1 N–H and O–H groups in total. The van der Waals surface area contributed by atoms with Gasteiger partial charge >= 0.3 is 0 Å². The van der Waals surface area contributed by atoms with Crippen LogP contribution in [0.1, 0.15) is 12.5 Å². The van der Waals surface area contributed by atoms with Gasteiger partial charge in [-0.3, -0.25) is 10.0 Å². The van der Waals surface area contributed by atoms with Crippen LogP contribution in [0.3, 0.4) is 0 Å². The fourth-order valence-electron chi connectivity index (χ4n) is 1.67. The second kappa shape index (κ2) is 2.92. The first-order chi connectivity index (χ1) is 6.22. The Morgan fingerprint density at radius 1 is 1.15 bits per heavy atom. The summed E-state index contributed by atoms with van der Waals surface area (Å²) in [4.78, 5) is 0. The molecule has 3 nitrogen and oxygen atoms in total. The lowest BCUT2D eigenvalue weighted by atomic mass is 10.1. The standard InChI is InChI=1S/C10H15N3/c1-4-8-5-6-9-10(7-8)13(3)11-12(9)2/h5-7,11H,4H2,1-3H3. The van der Waals surface area contributed by atoms with Crippen LogP contribution in [0.4, 0.5) is 11.4 Å². The van der Waals surface area contributed by atoms with E-state index in [1.54, 1.807) is 0 Å². The van der Waals surface area contributed by atoms with E-state index in [4.69, 9.17) is 0 Å². The van der Waals surface area contributed by atoms with E-state index in [1.165, 1.54) is 16.9 Å². The Morgan fingerprint density at radius 2 is 1.85 bits per heavy atom. The van der Waals surface area contributed by atoms with E-state index < -0.39 is 0 Å². The van der Waals surface area contributed by atoms with Crippen LogP contribution >= 0.6 is 0 Å². The molecule has 13 heavy (non-hydrogen) atoms. The first-order valence-electron chi connectivity index (χ1n) is 4.59. The highest BCUT2D eigenvalue weighted by Crippen LogP contribution is 2.31. The highest BCUT2D eigenvalue weighted by Gasteiger charge is 2.19. The smallest absolute Gasteiger partial charge is 0.0784 e. The molecule has 1 aliphatic heterocycles. The summed E-state index contributed by atoms with van der Waals surface area (Å²) in [5.41, 5.74) is 7.07. The molecule has 1 aliphatic rings. The lowest BCUT2D eigenvalue weighted by Crippen LogP contribution is -2.39. The summed E-state index contributed by atoms with van der Waals surface area (Å²) in [6.45, 7) is 2.17. The van der Waals surface area contributed by atoms with Gasteiger partial charge in [0.05, 0.1) is 11.4 Å². The van der Waals surface area contributed by atoms with Crippen molar-refractivity contribution in [2.24, 2.45) is 0 Å². The first-order valence-corrected chi connectivity index (χ1v) is 4.59. The van der Waals surface area contributed by atoms with Crippen LogP contribution in [-0.2, 0) is 6.42 Å². The quantitative estimate of drug-likeness (QED) is 0.702. The Balaban J connectivity index is 2.46. The van der Waals surface area contributed by atoms with E-state index in [0.717, 1.165) is 6.42 Å². The van der Waals surface area contributed by atoms with Gasteiger partial charge in [-0.05, 0) is 24.1 Å². The number of hydrazine groups is 2. The SMILES string of the molecule is CCc1ccc2c(c1)N(C)NN2C. The molecule has 0 saturated carbocycles. The van der Waals surface area contributed by atoms with Gasteiger partial charge in [0.15, 0.2) is 0 Å². The summed E-state index contributed by atoms with van der Waals surface area (Å²) in [6, 6.07) is 6.56. The van der Waals surface area contributed by atoms with E-state index >= 15 is 0 Å². The molecule has 1 aromatic rings. The van der Waals surface area contributed by atoms with Crippen LogP contribution in [0, 0.1) is 0 Å². The molecule has 3 heteroatoms. The molecule has 0 amide bonds. The van der Waals surface area contributed by atoms with E-state index in [9.17, 15) is 0 Å². The fraction of sp³-hybridized carbons (Fsp3) is 0.400. The van der Waals surface area contributed by atoms with Gasteiger partial charge in [-0.25, -0.2) is 0 Å². The third-order valence-corrected chi connectivity index (χ3v) is 2.47. The minimum Gasteiger partial charge on any atom is -0.292 e. The molecule has 2 rings (SSSR count). The highest BCUT2D eigenvalue weighted by atomic mass is 15.8. The number of nitrogens with one attached hydrogen (secondary N) is 1. The molecule has 0 fully saturated rings. The summed E-state index contributed by atoms with van der Waals surface area (Å²) < 4.78 is 0. The van der Waals surface area contributed by atoms with Gasteiger partial charge < -0.3 is 0 Å². The zero-order valence-corrected chi connectivity index (χ0v) is 8.33. The Labute approximate surface area is 78.9 Å². The van der Waals surface area contributed by atoms with Gasteiger partial charge in [-0.2, -0.15) is 0 Å². The van der Waals surface area contributed by atoms with Crippen LogP contribution in [0.25, 0.3) is 0 Å². The van der Waals surface area contributed by atoms with E-state index in [0.29, 0.717) is 0 Å². The van der Waals surface area contributed by atoms with E-state index in [1.807, 2.05) is 24.1 Å². The average molecular weight is 177 g/mol. The van der Waals surface area contributed by atoms with Gasteiger partial charge in [0.25, 0.3) is 0 Å². The zero-order chi connectivity index (χ0) is 9.42. The summed E-state index contributed by atoms with van der Waals surface area (Å²) in [5.74, 6) is 0. The summed E-state index contributed by atoms with van der Waals surface area (Å²) in [5, 5.41) is 4.06. The third kappa shape index (κ3) is 1.25. The maximum absolute atomic E-state index is 3.20. The molecule has 0 radical (unpaired) electrons. The van der Waals surface area contributed by atoms with Gasteiger partial charge in [-0.1, -0.05) is 13.0 Å². The summed E-state index contributed by atoms with van der Waals surface area (Å²) in [7, 11) is 4.05. The number of aryl methyl sites for hydroxylation is 1. The van der Waals surface area contributed by atoms with Gasteiger partial charge in [0.2, 0.25) is 0 Å². The molecule has 0 bridgehead atoms. The number of fused-ring (bicyclic) bond motifs is 1. The van der Waals surface area contributed by atoms with Gasteiger partial charge in [0, 0.05) is 14.1 Å². The average Bonchev–Trinajstić information content (AvgIpc) is 2.42. The minimum absolute atomic E-state index is 1.09. The lowest BCUT2D eigenvalue weighted by molar-refractivity contribution is 0.709. The van der Waals surface area contributed by atoms with Crippen LogP contribution in [0.15, 0.2) is 18.2 Å². The van der Waals surface area contributed by atoms with Crippen LogP contribution < -0.4 is 15.6 Å². The predicted molar refractivity (Wildman–Crippen MR) is 55.8 cm³/mol. The monoisotopic (exact) mass is 177 g/mol. The number of hydrogen-bond donors (Lipinski definition) is 1. The molecule has 1 aromatic carbocycles. The molecule has 0 spiro atoms. The third-order valence-electron chi connectivity index (χ3n) is 2.47. The first kappa shape index (κ1) is 8.38. The summed E-state index contributed by atoms with van der Waals surface area (Å²) >= 11 is 0. The number of hydrogen-bond acceptors (Lipinski definition) is 3. The van der Waals surface area contributed by atoms with Crippen molar-refractivity contribution in [3.05, 3.63) is 23.8 Å². The van der Waals surface area contributed by atoms with Crippen molar-refractivity contribution < 1.29 is 0 Å². The van der Waals surface area contributed by atoms with Gasteiger partial charge in [-0.15, -0.1) is 5.53 Å². The molecule has 0 aromatic heterocycles. The Morgan fingerprint density at radius 3 is 2.54 bits per heavy atom. The molecule has 70 valence electrons. The number of benzene rings is 1. The van der Waals surface area contributed by atoms with Crippen molar-refractivity contribution in [3.8, 4) is 0 Å². The second-order valence-electron chi connectivity index (χ2n) is 3.39. The molecule has 0 unspecified atom stereocenters. The predicted octanol–water partition coefficient (Wildman–Crippen LogP) is 1.55.